The minimum atomic E-state index is 0.475. The lowest BCUT2D eigenvalue weighted by molar-refractivity contribution is 0.173. The van der Waals surface area contributed by atoms with Crippen molar-refractivity contribution in [2.24, 2.45) is 0 Å². The molecular formula is C10H20BrNO. The molecule has 1 saturated carbocycles. The van der Waals surface area contributed by atoms with Crippen LogP contribution in [0.4, 0.5) is 0 Å². The Hall–Kier alpha value is 0.400. The van der Waals surface area contributed by atoms with E-state index in [1.807, 2.05) is 0 Å². The summed E-state index contributed by atoms with van der Waals surface area (Å²) in [7, 11) is 3.98. The van der Waals surface area contributed by atoms with E-state index in [0.29, 0.717) is 4.83 Å². The van der Waals surface area contributed by atoms with E-state index in [0.717, 1.165) is 19.2 Å². The van der Waals surface area contributed by atoms with Crippen molar-refractivity contribution in [2.45, 2.75) is 36.6 Å². The number of methoxy groups -OCH3 is 1. The largest absolute Gasteiger partial charge is 0.383 e. The molecule has 0 saturated heterocycles. The summed E-state index contributed by atoms with van der Waals surface area (Å²) in [6, 6.07) is 0.817. The molecule has 3 heteroatoms. The van der Waals surface area contributed by atoms with Crippen molar-refractivity contribution in [1.82, 2.24) is 4.90 Å². The zero-order valence-electron chi connectivity index (χ0n) is 8.63. The van der Waals surface area contributed by atoms with Gasteiger partial charge in [0.25, 0.3) is 0 Å². The van der Waals surface area contributed by atoms with Crippen molar-refractivity contribution >= 4 is 15.9 Å². The molecule has 0 radical (unpaired) electrons. The summed E-state index contributed by atoms with van der Waals surface area (Å²) < 4.78 is 5.09. The number of alkyl halides is 1. The number of rotatable bonds is 5. The van der Waals surface area contributed by atoms with Crippen LogP contribution >= 0.6 is 15.9 Å². The van der Waals surface area contributed by atoms with Gasteiger partial charge in [-0.05, 0) is 19.9 Å². The van der Waals surface area contributed by atoms with E-state index in [1.54, 1.807) is 7.11 Å². The van der Waals surface area contributed by atoms with Crippen LogP contribution < -0.4 is 0 Å². The second kappa shape index (κ2) is 5.99. The molecule has 0 bridgehead atoms. The second-order valence-electron chi connectivity index (χ2n) is 3.93. The molecule has 78 valence electrons. The van der Waals surface area contributed by atoms with Crippen molar-refractivity contribution in [3.63, 3.8) is 0 Å². The molecule has 0 aromatic rings. The molecule has 0 aromatic heterocycles. The number of halogens is 1. The van der Waals surface area contributed by atoms with Gasteiger partial charge in [-0.15, -0.1) is 0 Å². The lowest BCUT2D eigenvalue weighted by atomic mass is 10.2. The van der Waals surface area contributed by atoms with Crippen LogP contribution in [-0.2, 0) is 4.74 Å². The minimum Gasteiger partial charge on any atom is -0.383 e. The molecule has 0 N–H and O–H groups in total. The average molecular weight is 250 g/mol. The fourth-order valence-corrected chi connectivity index (χ4v) is 2.76. The molecule has 0 aliphatic heterocycles. The smallest absolute Gasteiger partial charge is 0.0600 e. The Morgan fingerprint density at radius 2 is 2.08 bits per heavy atom. The molecule has 1 rings (SSSR count). The highest BCUT2D eigenvalue weighted by molar-refractivity contribution is 9.09. The fraction of sp³-hybridized carbons (Fsp3) is 1.00. The predicted octanol–water partition coefficient (Wildman–Crippen LogP) is 2.27. The minimum absolute atomic E-state index is 0.475. The van der Waals surface area contributed by atoms with E-state index >= 15 is 0 Å². The molecule has 1 unspecified atom stereocenters. The van der Waals surface area contributed by atoms with Gasteiger partial charge in [0, 0.05) is 19.7 Å². The third-order valence-electron chi connectivity index (χ3n) is 2.78. The highest BCUT2D eigenvalue weighted by Crippen LogP contribution is 2.22. The standard InChI is InChI=1S/C10H20BrNO/c1-12(7-9(11)8-13-2)10-5-3-4-6-10/h9-10H,3-8H2,1-2H3. The van der Waals surface area contributed by atoms with E-state index in [2.05, 4.69) is 27.9 Å². The van der Waals surface area contributed by atoms with Crippen LogP contribution in [0, 0.1) is 0 Å². The molecule has 1 aliphatic rings. The third-order valence-corrected chi connectivity index (χ3v) is 3.34. The third kappa shape index (κ3) is 3.96. The quantitative estimate of drug-likeness (QED) is 0.694. The fourth-order valence-electron chi connectivity index (χ4n) is 2.04. The summed E-state index contributed by atoms with van der Waals surface area (Å²) in [6.45, 7) is 1.90. The van der Waals surface area contributed by atoms with E-state index in [9.17, 15) is 0 Å². The SMILES string of the molecule is COCC(Br)CN(C)C1CCCC1. The van der Waals surface area contributed by atoms with Crippen LogP contribution in [0.1, 0.15) is 25.7 Å². The summed E-state index contributed by atoms with van der Waals surface area (Å²) in [6.07, 6.45) is 5.57. The maximum atomic E-state index is 5.09. The number of hydrogen-bond donors (Lipinski definition) is 0. The van der Waals surface area contributed by atoms with Gasteiger partial charge in [0.05, 0.1) is 11.4 Å². The molecular weight excluding hydrogens is 230 g/mol. The molecule has 0 amide bonds. The maximum absolute atomic E-state index is 5.09. The van der Waals surface area contributed by atoms with Crippen molar-refractivity contribution in [3.05, 3.63) is 0 Å². The van der Waals surface area contributed by atoms with Gasteiger partial charge in [-0.1, -0.05) is 28.8 Å². The first-order valence-corrected chi connectivity index (χ1v) is 5.99. The Bertz CT molecular complexity index is 137. The Labute approximate surface area is 89.8 Å². The average Bonchev–Trinajstić information content (AvgIpc) is 2.55. The Morgan fingerprint density at radius 3 is 2.62 bits per heavy atom. The normalized spacial score (nSPS) is 21.2. The highest BCUT2D eigenvalue weighted by atomic mass is 79.9. The zero-order chi connectivity index (χ0) is 9.68. The zero-order valence-corrected chi connectivity index (χ0v) is 10.2. The van der Waals surface area contributed by atoms with Gasteiger partial charge in [0.15, 0.2) is 0 Å². The Morgan fingerprint density at radius 1 is 1.46 bits per heavy atom. The molecule has 13 heavy (non-hydrogen) atoms. The van der Waals surface area contributed by atoms with E-state index in [1.165, 1.54) is 25.7 Å². The van der Waals surface area contributed by atoms with E-state index < -0.39 is 0 Å². The van der Waals surface area contributed by atoms with E-state index in [4.69, 9.17) is 4.74 Å². The van der Waals surface area contributed by atoms with Crippen LogP contribution in [0.3, 0.4) is 0 Å². The summed E-state index contributed by atoms with van der Waals surface area (Å²) in [5.41, 5.74) is 0. The topological polar surface area (TPSA) is 12.5 Å². The summed E-state index contributed by atoms with van der Waals surface area (Å²) in [5, 5.41) is 0. The van der Waals surface area contributed by atoms with Crippen molar-refractivity contribution in [2.75, 3.05) is 27.3 Å². The van der Waals surface area contributed by atoms with Crippen molar-refractivity contribution in [1.29, 1.82) is 0 Å². The molecule has 1 aliphatic carbocycles. The molecule has 1 atom stereocenters. The van der Waals surface area contributed by atoms with E-state index in [-0.39, 0.29) is 0 Å². The lowest BCUT2D eigenvalue weighted by Crippen LogP contribution is -2.35. The first-order valence-electron chi connectivity index (χ1n) is 5.07. The molecule has 0 aromatic carbocycles. The first-order chi connectivity index (χ1) is 6.24. The number of nitrogens with zero attached hydrogens (tertiary/aromatic N) is 1. The predicted molar refractivity (Wildman–Crippen MR) is 59.5 cm³/mol. The Kier molecular flexibility index (Phi) is 5.29. The number of hydrogen-bond acceptors (Lipinski definition) is 2. The summed E-state index contributed by atoms with van der Waals surface area (Å²) in [5.74, 6) is 0. The van der Waals surface area contributed by atoms with Gasteiger partial charge in [0.2, 0.25) is 0 Å². The highest BCUT2D eigenvalue weighted by Gasteiger charge is 2.20. The lowest BCUT2D eigenvalue weighted by Gasteiger charge is -2.26. The van der Waals surface area contributed by atoms with Gasteiger partial charge >= 0.3 is 0 Å². The van der Waals surface area contributed by atoms with Crippen molar-refractivity contribution < 1.29 is 4.74 Å². The molecule has 1 fully saturated rings. The summed E-state index contributed by atoms with van der Waals surface area (Å²) in [4.78, 5) is 2.94. The van der Waals surface area contributed by atoms with Gasteiger partial charge in [-0.3, -0.25) is 0 Å². The van der Waals surface area contributed by atoms with Crippen LogP contribution in [-0.4, -0.2) is 43.1 Å². The first kappa shape index (κ1) is 11.5. The monoisotopic (exact) mass is 249 g/mol. The maximum Gasteiger partial charge on any atom is 0.0600 e. The van der Waals surface area contributed by atoms with Gasteiger partial charge < -0.3 is 9.64 Å². The Balaban J connectivity index is 2.18. The van der Waals surface area contributed by atoms with Crippen LogP contribution in [0.5, 0.6) is 0 Å². The summed E-state index contributed by atoms with van der Waals surface area (Å²) >= 11 is 3.62. The van der Waals surface area contributed by atoms with Crippen molar-refractivity contribution in [3.8, 4) is 0 Å². The number of ether oxygens (including phenoxy) is 1. The molecule has 2 nitrogen and oxygen atoms in total. The van der Waals surface area contributed by atoms with Gasteiger partial charge in [-0.2, -0.15) is 0 Å². The molecule has 0 spiro atoms. The van der Waals surface area contributed by atoms with Crippen LogP contribution in [0.15, 0.2) is 0 Å². The van der Waals surface area contributed by atoms with Gasteiger partial charge in [-0.25, -0.2) is 0 Å². The van der Waals surface area contributed by atoms with Crippen LogP contribution in [0.25, 0.3) is 0 Å². The second-order valence-corrected chi connectivity index (χ2v) is 5.23. The van der Waals surface area contributed by atoms with Crippen LogP contribution in [0.2, 0.25) is 0 Å². The molecule has 0 heterocycles. The van der Waals surface area contributed by atoms with Gasteiger partial charge in [0.1, 0.15) is 0 Å².